The summed E-state index contributed by atoms with van der Waals surface area (Å²) >= 11 is 0. The standard InChI is InChI=1S/C20H17FN4O3/c1-12-9-14(5-7-16(12)21)17-11-18(23-22-17)20(26)24-8-2-3-13-4-6-15(25(27)28)10-19(13)24/h4-7,9-11H,2-3,8H2,1H3,(H,22,23). The molecular weight excluding hydrogens is 363 g/mol. The number of hydrogen-bond acceptors (Lipinski definition) is 4. The van der Waals surface area contributed by atoms with Crippen LogP contribution in [-0.2, 0) is 6.42 Å². The Bertz CT molecular complexity index is 1090. The van der Waals surface area contributed by atoms with E-state index in [9.17, 15) is 19.3 Å². The number of fused-ring (bicyclic) bond motifs is 1. The Hall–Kier alpha value is -3.55. The monoisotopic (exact) mass is 380 g/mol. The van der Waals surface area contributed by atoms with Crippen molar-refractivity contribution in [2.75, 3.05) is 11.4 Å². The Kier molecular flexibility index (Phi) is 4.38. The number of halogens is 1. The number of aryl methyl sites for hydroxylation is 2. The van der Waals surface area contributed by atoms with Crippen LogP contribution in [0.4, 0.5) is 15.8 Å². The number of nitro benzene ring substituents is 1. The molecule has 2 heterocycles. The summed E-state index contributed by atoms with van der Waals surface area (Å²) in [5.74, 6) is -0.610. The lowest BCUT2D eigenvalue weighted by molar-refractivity contribution is -0.384. The lowest BCUT2D eigenvalue weighted by Gasteiger charge is -2.28. The first-order valence-electron chi connectivity index (χ1n) is 8.85. The van der Waals surface area contributed by atoms with Gasteiger partial charge in [-0.05, 0) is 55.2 Å². The normalized spacial score (nSPS) is 13.3. The number of carbonyl (C=O) groups excluding carboxylic acids is 1. The maximum Gasteiger partial charge on any atom is 0.276 e. The van der Waals surface area contributed by atoms with Gasteiger partial charge in [0.25, 0.3) is 11.6 Å². The Balaban J connectivity index is 1.66. The largest absolute Gasteiger partial charge is 0.307 e. The molecule has 1 aliphatic heterocycles. The Morgan fingerprint density at radius 1 is 1.25 bits per heavy atom. The molecule has 0 saturated carbocycles. The Morgan fingerprint density at radius 3 is 2.82 bits per heavy atom. The molecule has 0 unspecified atom stereocenters. The topological polar surface area (TPSA) is 92.1 Å². The highest BCUT2D eigenvalue weighted by molar-refractivity contribution is 6.06. The van der Waals surface area contributed by atoms with Crippen LogP contribution in [0.25, 0.3) is 11.3 Å². The number of nitro groups is 1. The van der Waals surface area contributed by atoms with Gasteiger partial charge in [0.05, 0.1) is 16.3 Å². The summed E-state index contributed by atoms with van der Waals surface area (Å²) in [6, 6.07) is 10.8. The number of amides is 1. The fourth-order valence-corrected chi connectivity index (χ4v) is 3.42. The number of anilines is 1. The zero-order valence-corrected chi connectivity index (χ0v) is 15.1. The number of aromatic nitrogens is 2. The number of nitrogens with zero attached hydrogens (tertiary/aromatic N) is 3. The number of aromatic amines is 1. The lowest BCUT2D eigenvalue weighted by Crippen LogP contribution is -2.35. The Morgan fingerprint density at radius 2 is 2.07 bits per heavy atom. The van der Waals surface area contributed by atoms with E-state index in [2.05, 4.69) is 10.2 Å². The first kappa shape index (κ1) is 17.8. The van der Waals surface area contributed by atoms with Crippen molar-refractivity contribution in [2.45, 2.75) is 19.8 Å². The van der Waals surface area contributed by atoms with Gasteiger partial charge in [-0.3, -0.25) is 20.0 Å². The Labute approximate surface area is 160 Å². The number of H-pyrrole nitrogens is 1. The molecule has 0 spiro atoms. The predicted molar refractivity (Wildman–Crippen MR) is 102 cm³/mol. The quantitative estimate of drug-likeness (QED) is 0.549. The van der Waals surface area contributed by atoms with Gasteiger partial charge in [0.1, 0.15) is 11.5 Å². The SMILES string of the molecule is Cc1cc(-c2cc(C(=O)N3CCCc4ccc([N+](=O)[O-])cc43)[nH]n2)ccc1F. The van der Waals surface area contributed by atoms with E-state index >= 15 is 0 Å². The predicted octanol–water partition coefficient (Wildman–Crippen LogP) is 4.03. The highest BCUT2D eigenvalue weighted by Gasteiger charge is 2.27. The zero-order valence-electron chi connectivity index (χ0n) is 15.1. The third-order valence-corrected chi connectivity index (χ3v) is 4.91. The molecule has 2 aromatic carbocycles. The summed E-state index contributed by atoms with van der Waals surface area (Å²) in [5, 5.41) is 18.0. The third kappa shape index (κ3) is 3.13. The van der Waals surface area contributed by atoms with Crippen LogP contribution in [0.3, 0.4) is 0 Å². The molecule has 0 radical (unpaired) electrons. The van der Waals surface area contributed by atoms with Crippen molar-refractivity contribution in [3.63, 3.8) is 0 Å². The fraction of sp³-hybridized carbons (Fsp3) is 0.200. The fourth-order valence-electron chi connectivity index (χ4n) is 3.42. The number of benzene rings is 2. The summed E-state index contributed by atoms with van der Waals surface area (Å²) in [6.45, 7) is 2.13. The van der Waals surface area contributed by atoms with Gasteiger partial charge < -0.3 is 4.90 Å². The van der Waals surface area contributed by atoms with Crippen molar-refractivity contribution in [2.24, 2.45) is 0 Å². The molecule has 3 aromatic rings. The van der Waals surface area contributed by atoms with E-state index in [0.717, 1.165) is 18.4 Å². The van der Waals surface area contributed by atoms with Crippen LogP contribution in [0.1, 0.15) is 28.0 Å². The maximum absolute atomic E-state index is 13.5. The van der Waals surface area contributed by atoms with Crippen molar-refractivity contribution in [3.8, 4) is 11.3 Å². The average Bonchev–Trinajstić information content (AvgIpc) is 3.18. The number of carbonyl (C=O) groups is 1. The maximum atomic E-state index is 13.5. The molecule has 0 bridgehead atoms. The van der Waals surface area contributed by atoms with E-state index in [0.29, 0.717) is 29.1 Å². The van der Waals surface area contributed by atoms with Gasteiger partial charge in [0.2, 0.25) is 0 Å². The molecule has 142 valence electrons. The van der Waals surface area contributed by atoms with E-state index in [1.807, 2.05) is 0 Å². The molecule has 0 aliphatic carbocycles. The molecule has 1 aliphatic rings. The number of hydrogen-bond donors (Lipinski definition) is 1. The van der Waals surface area contributed by atoms with Gasteiger partial charge in [-0.25, -0.2) is 4.39 Å². The van der Waals surface area contributed by atoms with E-state index in [-0.39, 0.29) is 23.1 Å². The van der Waals surface area contributed by atoms with Crippen molar-refractivity contribution >= 4 is 17.3 Å². The van der Waals surface area contributed by atoms with Crippen LogP contribution in [0.5, 0.6) is 0 Å². The minimum atomic E-state index is -0.470. The van der Waals surface area contributed by atoms with E-state index in [4.69, 9.17) is 0 Å². The second-order valence-corrected chi connectivity index (χ2v) is 6.76. The summed E-state index contributed by atoms with van der Waals surface area (Å²) in [5.41, 5.74) is 3.40. The molecule has 0 saturated heterocycles. The van der Waals surface area contributed by atoms with Gasteiger partial charge >= 0.3 is 0 Å². The minimum absolute atomic E-state index is 0.0504. The third-order valence-electron chi connectivity index (χ3n) is 4.91. The highest BCUT2D eigenvalue weighted by atomic mass is 19.1. The smallest absolute Gasteiger partial charge is 0.276 e. The van der Waals surface area contributed by atoms with Crippen molar-refractivity contribution in [3.05, 3.63) is 75.2 Å². The van der Waals surface area contributed by atoms with E-state index < -0.39 is 4.92 Å². The molecule has 1 amide bonds. The van der Waals surface area contributed by atoms with E-state index in [1.54, 1.807) is 36.1 Å². The summed E-state index contributed by atoms with van der Waals surface area (Å²) in [6.07, 6.45) is 1.54. The number of non-ortho nitro benzene ring substituents is 1. The highest BCUT2D eigenvalue weighted by Crippen LogP contribution is 2.32. The zero-order chi connectivity index (χ0) is 19.8. The van der Waals surface area contributed by atoms with Gasteiger partial charge in [-0.1, -0.05) is 6.07 Å². The molecule has 0 fully saturated rings. The van der Waals surface area contributed by atoms with Crippen molar-refractivity contribution < 1.29 is 14.1 Å². The van der Waals surface area contributed by atoms with Crippen LogP contribution >= 0.6 is 0 Å². The first-order valence-corrected chi connectivity index (χ1v) is 8.85. The van der Waals surface area contributed by atoms with Crippen LogP contribution in [0.15, 0.2) is 42.5 Å². The molecule has 28 heavy (non-hydrogen) atoms. The average molecular weight is 380 g/mol. The molecule has 1 aromatic heterocycles. The van der Waals surface area contributed by atoms with Crippen LogP contribution in [-0.4, -0.2) is 27.6 Å². The number of rotatable bonds is 3. The summed E-state index contributed by atoms with van der Waals surface area (Å²) < 4.78 is 13.5. The summed E-state index contributed by atoms with van der Waals surface area (Å²) in [7, 11) is 0. The molecule has 4 rings (SSSR count). The van der Waals surface area contributed by atoms with Gasteiger partial charge in [0.15, 0.2) is 0 Å². The van der Waals surface area contributed by atoms with Crippen molar-refractivity contribution in [1.82, 2.24) is 10.2 Å². The van der Waals surface area contributed by atoms with Gasteiger partial charge in [-0.2, -0.15) is 5.10 Å². The van der Waals surface area contributed by atoms with Gasteiger partial charge in [0, 0.05) is 24.2 Å². The van der Waals surface area contributed by atoms with Crippen LogP contribution in [0, 0.1) is 22.9 Å². The molecule has 1 N–H and O–H groups in total. The summed E-state index contributed by atoms with van der Waals surface area (Å²) in [4.78, 5) is 25.2. The van der Waals surface area contributed by atoms with Crippen LogP contribution < -0.4 is 4.90 Å². The van der Waals surface area contributed by atoms with Gasteiger partial charge in [-0.15, -0.1) is 0 Å². The first-order chi connectivity index (χ1) is 13.4. The number of nitrogens with one attached hydrogen (secondary N) is 1. The lowest BCUT2D eigenvalue weighted by atomic mass is 10.0. The van der Waals surface area contributed by atoms with Crippen molar-refractivity contribution in [1.29, 1.82) is 0 Å². The molecule has 8 heteroatoms. The second-order valence-electron chi connectivity index (χ2n) is 6.76. The molecule has 7 nitrogen and oxygen atoms in total. The minimum Gasteiger partial charge on any atom is -0.307 e. The van der Waals surface area contributed by atoms with Crippen LogP contribution in [0.2, 0.25) is 0 Å². The van der Waals surface area contributed by atoms with E-state index in [1.165, 1.54) is 18.2 Å². The molecular formula is C20H17FN4O3. The molecule has 0 atom stereocenters. The second kappa shape index (κ2) is 6.88.